The van der Waals surface area contributed by atoms with E-state index in [0.717, 1.165) is 46.9 Å². The maximum absolute atomic E-state index is 12.7. The number of anilines is 2. The number of rotatable bonds is 5. The first-order valence-electron chi connectivity index (χ1n) is 11.6. The lowest BCUT2D eigenvalue weighted by Crippen LogP contribution is -2.33. The number of nitrogens with zero attached hydrogens (tertiary/aromatic N) is 3. The van der Waals surface area contributed by atoms with E-state index < -0.39 is 6.10 Å². The number of hydrogen-bond donors (Lipinski definition) is 1. The Bertz CT molecular complexity index is 1440. The van der Waals surface area contributed by atoms with E-state index in [1.807, 2.05) is 42.5 Å². The van der Waals surface area contributed by atoms with Crippen LogP contribution in [0, 0.1) is 0 Å². The minimum absolute atomic E-state index is 0.0668. The molecule has 6 rings (SSSR count). The molecule has 2 aliphatic rings. The molecule has 2 aliphatic heterocycles. The van der Waals surface area contributed by atoms with Crippen molar-refractivity contribution < 1.29 is 19.1 Å². The monoisotopic (exact) mass is 468 g/mol. The quantitative estimate of drug-likeness (QED) is 0.440. The topological polar surface area (TPSA) is 85.7 Å². The second kappa shape index (κ2) is 8.47. The molecular formula is C27H24N4O4. The smallest absolute Gasteiger partial charge is 0.339 e. The highest BCUT2D eigenvalue weighted by molar-refractivity contribution is 5.97. The molecule has 1 atom stereocenters. The second-order valence-electron chi connectivity index (χ2n) is 8.74. The summed E-state index contributed by atoms with van der Waals surface area (Å²) in [6.45, 7) is 2.41. The fourth-order valence-corrected chi connectivity index (χ4v) is 4.86. The van der Waals surface area contributed by atoms with E-state index in [1.165, 1.54) is 0 Å². The van der Waals surface area contributed by atoms with Crippen molar-refractivity contribution in [2.24, 2.45) is 0 Å². The molecular weight excluding hydrogens is 444 g/mol. The van der Waals surface area contributed by atoms with Crippen molar-refractivity contribution >= 4 is 34.3 Å². The molecule has 0 bridgehead atoms. The van der Waals surface area contributed by atoms with Gasteiger partial charge in [0.2, 0.25) is 5.91 Å². The van der Waals surface area contributed by atoms with E-state index in [1.54, 1.807) is 19.2 Å². The van der Waals surface area contributed by atoms with E-state index >= 15 is 0 Å². The van der Waals surface area contributed by atoms with Crippen LogP contribution >= 0.6 is 0 Å². The van der Waals surface area contributed by atoms with Gasteiger partial charge < -0.3 is 24.3 Å². The number of methoxy groups -OCH3 is 1. The lowest BCUT2D eigenvalue weighted by molar-refractivity contribution is -0.118. The van der Waals surface area contributed by atoms with E-state index in [0.29, 0.717) is 17.8 Å². The standard InChI is InChI=1S/C27H24N4O4/c1-34-19-9-7-18(8-10-19)30-12-13-31-23-11-6-17(14-22(23)29-25(31)16-30)28-26(32)15-24-20-4-2-3-5-21(20)27(33)35-24/h2-11,14,24H,12-13,15-16H2,1H3,(H,28,32). The minimum Gasteiger partial charge on any atom is -0.497 e. The van der Waals surface area contributed by atoms with E-state index in [9.17, 15) is 9.59 Å². The zero-order valence-corrected chi connectivity index (χ0v) is 19.2. The van der Waals surface area contributed by atoms with Gasteiger partial charge in [-0.15, -0.1) is 0 Å². The number of benzene rings is 3. The Labute approximate surface area is 202 Å². The average Bonchev–Trinajstić information content (AvgIpc) is 3.40. The number of amides is 1. The van der Waals surface area contributed by atoms with Gasteiger partial charge in [-0.05, 0) is 48.5 Å². The highest BCUT2D eigenvalue weighted by atomic mass is 16.5. The number of ether oxygens (including phenoxy) is 2. The van der Waals surface area contributed by atoms with Gasteiger partial charge >= 0.3 is 5.97 Å². The first-order valence-corrected chi connectivity index (χ1v) is 11.6. The first kappa shape index (κ1) is 21.2. The third kappa shape index (κ3) is 3.86. The third-order valence-corrected chi connectivity index (χ3v) is 6.62. The number of fused-ring (bicyclic) bond motifs is 4. The van der Waals surface area contributed by atoms with Crippen LogP contribution in [0.1, 0.15) is 34.3 Å². The van der Waals surface area contributed by atoms with Gasteiger partial charge in [-0.3, -0.25) is 4.79 Å². The summed E-state index contributed by atoms with van der Waals surface area (Å²) in [5, 5.41) is 2.93. The fourth-order valence-electron chi connectivity index (χ4n) is 4.86. The summed E-state index contributed by atoms with van der Waals surface area (Å²) < 4.78 is 12.9. The zero-order valence-electron chi connectivity index (χ0n) is 19.2. The maximum Gasteiger partial charge on any atom is 0.339 e. The van der Waals surface area contributed by atoms with Crippen molar-refractivity contribution in [3.05, 3.63) is 83.7 Å². The molecule has 8 nitrogen and oxygen atoms in total. The largest absolute Gasteiger partial charge is 0.497 e. The number of hydrogen-bond acceptors (Lipinski definition) is 6. The highest BCUT2D eigenvalue weighted by Crippen LogP contribution is 2.33. The molecule has 8 heteroatoms. The number of carbonyl (C=O) groups is 2. The van der Waals surface area contributed by atoms with Gasteiger partial charge in [-0.25, -0.2) is 9.78 Å². The van der Waals surface area contributed by atoms with Crippen LogP contribution in [0.2, 0.25) is 0 Å². The van der Waals surface area contributed by atoms with Crippen LogP contribution in [0.15, 0.2) is 66.7 Å². The summed E-state index contributed by atoms with van der Waals surface area (Å²) in [4.78, 5) is 31.9. The van der Waals surface area contributed by atoms with Gasteiger partial charge in [-0.2, -0.15) is 0 Å². The summed E-state index contributed by atoms with van der Waals surface area (Å²) in [6, 6.07) is 21.0. The highest BCUT2D eigenvalue weighted by Gasteiger charge is 2.32. The summed E-state index contributed by atoms with van der Waals surface area (Å²) in [7, 11) is 1.66. The minimum atomic E-state index is -0.564. The van der Waals surface area contributed by atoms with Crippen molar-refractivity contribution in [3.8, 4) is 5.75 Å². The molecule has 0 aliphatic carbocycles. The molecule has 1 N–H and O–H groups in total. The van der Waals surface area contributed by atoms with Gasteiger partial charge in [-0.1, -0.05) is 18.2 Å². The van der Waals surface area contributed by atoms with Gasteiger partial charge in [0.15, 0.2) is 0 Å². The molecule has 3 heterocycles. The molecule has 0 fully saturated rings. The third-order valence-electron chi connectivity index (χ3n) is 6.62. The van der Waals surface area contributed by atoms with E-state index in [-0.39, 0.29) is 18.3 Å². The van der Waals surface area contributed by atoms with Crippen molar-refractivity contribution in [1.29, 1.82) is 0 Å². The average molecular weight is 469 g/mol. The Morgan fingerprint density at radius 1 is 1.11 bits per heavy atom. The van der Waals surface area contributed by atoms with Gasteiger partial charge in [0.25, 0.3) is 0 Å². The Morgan fingerprint density at radius 2 is 1.94 bits per heavy atom. The van der Waals surface area contributed by atoms with E-state index in [2.05, 4.69) is 26.9 Å². The SMILES string of the molecule is COc1ccc(N2CCn3c(nc4cc(NC(=O)CC5OC(=O)c6ccccc65)ccc43)C2)cc1. The van der Waals surface area contributed by atoms with Crippen LogP contribution in [0.3, 0.4) is 0 Å². The summed E-state index contributed by atoms with van der Waals surface area (Å²) >= 11 is 0. The molecule has 0 saturated heterocycles. The number of aromatic nitrogens is 2. The van der Waals surface area contributed by atoms with Gasteiger partial charge in [0.05, 0.1) is 36.7 Å². The lowest BCUT2D eigenvalue weighted by atomic mass is 10.0. The molecule has 0 radical (unpaired) electrons. The molecule has 4 aromatic rings. The van der Waals surface area contributed by atoms with Gasteiger partial charge in [0.1, 0.15) is 17.7 Å². The normalized spacial score (nSPS) is 16.5. The Hall–Kier alpha value is -4.33. The number of cyclic esters (lactones) is 1. The summed E-state index contributed by atoms with van der Waals surface area (Å²) in [6.07, 6.45) is -0.497. The zero-order chi connectivity index (χ0) is 23.9. The van der Waals surface area contributed by atoms with Crippen LogP contribution in [0.4, 0.5) is 11.4 Å². The van der Waals surface area contributed by atoms with Gasteiger partial charge in [0, 0.05) is 30.0 Å². The van der Waals surface area contributed by atoms with Crippen LogP contribution in [0.25, 0.3) is 11.0 Å². The summed E-state index contributed by atoms with van der Waals surface area (Å²) in [5.74, 6) is 1.23. The predicted molar refractivity (Wildman–Crippen MR) is 132 cm³/mol. The van der Waals surface area contributed by atoms with Crippen molar-refractivity contribution in [3.63, 3.8) is 0 Å². The van der Waals surface area contributed by atoms with Crippen molar-refractivity contribution in [2.75, 3.05) is 23.9 Å². The summed E-state index contributed by atoms with van der Waals surface area (Å²) in [5.41, 5.74) is 4.97. The van der Waals surface area contributed by atoms with Crippen LogP contribution in [-0.4, -0.2) is 35.1 Å². The number of nitrogens with one attached hydrogen (secondary N) is 1. The molecule has 176 valence electrons. The number of esters is 1. The van der Waals surface area contributed by atoms with Crippen LogP contribution < -0.4 is 15.0 Å². The molecule has 1 amide bonds. The predicted octanol–water partition coefficient (Wildman–Crippen LogP) is 4.31. The maximum atomic E-state index is 12.7. The Balaban J connectivity index is 1.17. The molecule has 0 saturated carbocycles. The fraction of sp³-hybridized carbons (Fsp3) is 0.222. The Kier molecular flexibility index (Phi) is 5.13. The Morgan fingerprint density at radius 3 is 2.77 bits per heavy atom. The van der Waals surface area contributed by atoms with Crippen molar-refractivity contribution in [2.45, 2.75) is 25.6 Å². The molecule has 35 heavy (non-hydrogen) atoms. The van der Waals surface area contributed by atoms with Crippen LogP contribution in [0.5, 0.6) is 5.75 Å². The first-order chi connectivity index (χ1) is 17.1. The lowest BCUT2D eigenvalue weighted by Gasteiger charge is -2.30. The molecule has 1 aromatic heterocycles. The molecule has 0 spiro atoms. The van der Waals surface area contributed by atoms with Crippen molar-refractivity contribution in [1.82, 2.24) is 9.55 Å². The number of imidazole rings is 1. The van der Waals surface area contributed by atoms with Crippen LogP contribution in [-0.2, 0) is 22.6 Å². The second-order valence-corrected chi connectivity index (χ2v) is 8.74. The van der Waals surface area contributed by atoms with E-state index in [4.69, 9.17) is 14.5 Å². The molecule has 1 unspecified atom stereocenters. The molecule has 3 aromatic carbocycles. The number of carbonyl (C=O) groups excluding carboxylic acids is 2.